The number of benzene rings is 2. The molecule has 0 bridgehead atoms. The van der Waals surface area contributed by atoms with Crippen LogP contribution in [0.3, 0.4) is 0 Å². The predicted molar refractivity (Wildman–Crippen MR) is 233 cm³/mol. The summed E-state index contributed by atoms with van der Waals surface area (Å²) in [4.78, 5) is 103. The molecule has 7 amide bonds. The van der Waals surface area contributed by atoms with Crippen LogP contribution < -0.4 is 16.8 Å². The summed E-state index contributed by atoms with van der Waals surface area (Å²) >= 11 is 0. The highest BCUT2D eigenvalue weighted by Gasteiger charge is 2.43. The Morgan fingerprint density at radius 3 is 1.43 bits per heavy atom. The molecule has 0 aliphatic rings. The number of primary amides is 1. The number of nitrogens with zero attached hydrogens (tertiary/aromatic N) is 5. The van der Waals surface area contributed by atoms with Crippen molar-refractivity contribution in [2.24, 2.45) is 23.3 Å². The van der Waals surface area contributed by atoms with Crippen LogP contribution in [0.1, 0.15) is 78.4 Å². The topological polar surface area (TPSA) is 200 Å². The fourth-order valence-electron chi connectivity index (χ4n) is 7.36. The summed E-state index contributed by atoms with van der Waals surface area (Å²) < 4.78 is 0. The molecular weight excluding hydrogens is 765 g/mol. The lowest BCUT2D eigenvalue weighted by atomic mass is 9.95. The maximum absolute atomic E-state index is 14.9. The van der Waals surface area contributed by atoms with Gasteiger partial charge in [-0.15, -0.1) is 0 Å². The van der Waals surface area contributed by atoms with Crippen LogP contribution in [0.5, 0.6) is 0 Å². The van der Waals surface area contributed by atoms with E-state index in [1.54, 1.807) is 13.8 Å². The van der Waals surface area contributed by atoms with Gasteiger partial charge in [0.1, 0.15) is 36.3 Å². The molecule has 0 fully saturated rings. The summed E-state index contributed by atoms with van der Waals surface area (Å²) in [6.45, 7) is 10.8. The van der Waals surface area contributed by atoms with Gasteiger partial charge in [-0.3, -0.25) is 33.6 Å². The normalized spacial score (nSPS) is 14.2. The van der Waals surface area contributed by atoms with E-state index in [1.165, 1.54) is 73.6 Å². The zero-order valence-corrected chi connectivity index (χ0v) is 37.6. The van der Waals surface area contributed by atoms with Crippen molar-refractivity contribution in [3.63, 3.8) is 0 Å². The van der Waals surface area contributed by atoms with E-state index in [4.69, 9.17) is 11.5 Å². The van der Waals surface area contributed by atoms with Crippen LogP contribution in [0.4, 0.5) is 0 Å². The van der Waals surface area contributed by atoms with E-state index in [1.807, 2.05) is 74.5 Å². The molecule has 0 saturated carbocycles. The van der Waals surface area contributed by atoms with Crippen LogP contribution in [0.25, 0.3) is 0 Å². The molecule has 15 heteroatoms. The first-order chi connectivity index (χ1) is 28.2. The summed E-state index contributed by atoms with van der Waals surface area (Å²) in [5.41, 5.74) is 12.8. The summed E-state index contributed by atoms with van der Waals surface area (Å²) in [7, 11) is 7.56. The highest BCUT2D eigenvalue weighted by molar-refractivity contribution is 5.97. The van der Waals surface area contributed by atoms with Crippen LogP contribution in [0.15, 0.2) is 60.7 Å². The van der Waals surface area contributed by atoms with Crippen molar-refractivity contribution in [1.82, 2.24) is 29.8 Å². The number of rotatable bonds is 23. The third kappa shape index (κ3) is 14.2. The Labute approximate surface area is 357 Å². The second-order valence-electron chi connectivity index (χ2n) is 16.6. The van der Waals surface area contributed by atoms with Crippen molar-refractivity contribution in [3.05, 3.63) is 71.8 Å². The van der Waals surface area contributed by atoms with E-state index in [-0.39, 0.29) is 31.1 Å². The van der Waals surface area contributed by atoms with Gasteiger partial charge in [0.25, 0.3) is 0 Å². The van der Waals surface area contributed by atoms with E-state index in [2.05, 4.69) is 5.32 Å². The molecule has 0 saturated heterocycles. The Bertz CT molecular complexity index is 1740. The fourth-order valence-corrected chi connectivity index (χ4v) is 7.36. The molecule has 0 aliphatic heterocycles. The molecular formula is C45H70N8O7. The second-order valence-corrected chi connectivity index (χ2v) is 16.6. The summed E-state index contributed by atoms with van der Waals surface area (Å²) in [5, 5.41) is 2.73. The molecule has 5 N–H and O–H groups in total. The van der Waals surface area contributed by atoms with Gasteiger partial charge in [-0.1, -0.05) is 88.4 Å². The number of carbonyl (C=O) groups is 7. The van der Waals surface area contributed by atoms with Crippen molar-refractivity contribution < 1.29 is 33.6 Å². The lowest BCUT2D eigenvalue weighted by Gasteiger charge is -2.41. The van der Waals surface area contributed by atoms with Crippen LogP contribution in [-0.4, -0.2) is 144 Å². The number of hydrogen-bond acceptors (Lipinski definition) is 8. The van der Waals surface area contributed by atoms with Crippen molar-refractivity contribution >= 4 is 41.4 Å². The van der Waals surface area contributed by atoms with Gasteiger partial charge in [-0.25, -0.2) is 0 Å². The lowest BCUT2D eigenvalue weighted by Crippen LogP contribution is -2.61. The first-order valence-corrected chi connectivity index (χ1v) is 20.8. The van der Waals surface area contributed by atoms with Crippen LogP contribution in [0, 0.1) is 11.8 Å². The van der Waals surface area contributed by atoms with Gasteiger partial charge in [-0.2, -0.15) is 0 Å². The Morgan fingerprint density at radius 2 is 1.02 bits per heavy atom. The van der Waals surface area contributed by atoms with Gasteiger partial charge in [0.2, 0.25) is 41.4 Å². The maximum Gasteiger partial charge on any atom is 0.246 e. The van der Waals surface area contributed by atoms with Gasteiger partial charge >= 0.3 is 0 Å². The minimum absolute atomic E-state index is 0.0186. The number of unbranched alkanes of at least 4 members (excludes halogenated alkanes) is 1. The number of nitrogens with two attached hydrogens (primary N) is 2. The quantitative estimate of drug-likeness (QED) is 0.142. The first kappa shape index (κ1) is 50.8. The Morgan fingerprint density at radius 1 is 0.583 bits per heavy atom. The minimum atomic E-state index is -1.12. The van der Waals surface area contributed by atoms with Crippen LogP contribution >= 0.6 is 0 Å². The molecule has 0 spiro atoms. The average molecular weight is 835 g/mol. The zero-order valence-electron chi connectivity index (χ0n) is 37.6. The smallest absolute Gasteiger partial charge is 0.246 e. The van der Waals surface area contributed by atoms with Crippen molar-refractivity contribution in [3.8, 4) is 0 Å². The van der Waals surface area contributed by atoms with E-state index in [0.717, 1.165) is 11.1 Å². The molecule has 332 valence electrons. The molecule has 0 radical (unpaired) electrons. The summed E-state index contributed by atoms with van der Waals surface area (Å²) in [6, 6.07) is 12.3. The largest absolute Gasteiger partial charge is 0.368 e. The number of carbonyl (C=O) groups excluding carboxylic acids is 7. The summed E-state index contributed by atoms with van der Waals surface area (Å²) in [5.74, 6) is -3.96. The third-order valence-corrected chi connectivity index (χ3v) is 11.2. The SMILES string of the molecule is CC(=O)NC(CCCCN)C(=O)N(C)C(CC(C)C)C(=O)N(C)C(C(=O)N(C)C(Cc1ccccc1)C(=O)N(C)C(Cc1ccccc1)C(=O)N(C)C(C)C(N)=O)C(C)C. The number of nitrogens with one attached hydrogen (secondary N) is 1. The predicted octanol–water partition coefficient (Wildman–Crippen LogP) is 2.45. The molecule has 2 aromatic rings. The first-order valence-electron chi connectivity index (χ1n) is 20.8. The van der Waals surface area contributed by atoms with Crippen molar-refractivity contribution in [2.45, 2.75) is 116 Å². The van der Waals surface area contributed by atoms with Crippen LogP contribution in [-0.2, 0) is 46.4 Å². The van der Waals surface area contributed by atoms with Crippen molar-refractivity contribution in [1.29, 1.82) is 0 Å². The van der Waals surface area contributed by atoms with Gasteiger partial charge < -0.3 is 41.3 Å². The lowest BCUT2D eigenvalue weighted by molar-refractivity contribution is -0.156. The fraction of sp³-hybridized carbons (Fsp3) is 0.578. The summed E-state index contributed by atoms with van der Waals surface area (Å²) in [6.07, 6.45) is 2.11. The van der Waals surface area contributed by atoms with Gasteiger partial charge in [0.15, 0.2) is 0 Å². The standard InChI is InChI=1S/C45H70N8O7/c1-29(2)26-36(50(8)41(56)35(48-32(6)54)24-18-19-25-46)44(59)53(11)39(30(3)4)45(60)52(10)38(28-34-22-16-13-17-23-34)43(58)51(9)37(27-33-20-14-12-15-21-33)42(57)49(7)31(5)40(47)55/h12-17,20-23,29-31,35-39H,18-19,24-28,46H2,1-11H3,(H2,47,55)(H,48,54). The third-order valence-electron chi connectivity index (χ3n) is 11.2. The van der Waals surface area contributed by atoms with Crippen LogP contribution in [0.2, 0.25) is 0 Å². The average Bonchev–Trinajstić information content (AvgIpc) is 3.21. The van der Waals surface area contributed by atoms with E-state index < -0.39 is 77.6 Å². The van der Waals surface area contributed by atoms with Gasteiger partial charge in [0.05, 0.1) is 0 Å². The van der Waals surface area contributed by atoms with E-state index >= 15 is 0 Å². The highest BCUT2D eigenvalue weighted by atomic mass is 16.2. The maximum atomic E-state index is 14.9. The molecule has 15 nitrogen and oxygen atoms in total. The van der Waals surface area contributed by atoms with Gasteiger partial charge in [-0.05, 0) is 62.1 Å². The molecule has 2 rings (SSSR count). The Kier molecular flexibility index (Phi) is 20.4. The van der Waals surface area contributed by atoms with E-state index in [0.29, 0.717) is 25.8 Å². The molecule has 0 heterocycles. The molecule has 0 aliphatic carbocycles. The number of likely N-dealkylation sites (N-methyl/N-ethyl adjacent to an activating group) is 5. The zero-order chi connectivity index (χ0) is 45.4. The highest BCUT2D eigenvalue weighted by Crippen LogP contribution is 2.23. The number of hydrogen-bond donors (Lipinski definition) is 3. The van der Waals surface area contributed by atoms with Crippen molar-refractivity contribution in [2.75, 3.05) is 41.8 Å². The van der Waals surface area contributed by atoms with E-state index in [9.17, 15) is 33.6 Å². The molecule has 0 aromatic heterocycles. The molecule has 60 heavy (non-hydrogen) atoms. The number of amides is 7. The van der Waals surface area contributed by atoms with Gasteiger partial charge in [0, 0.05) is 55.0 Å². The molecule has 6 atom stereocenters. The molecule has 2 aromatic carbocycles. The Balaban J connectivity index is 2.61. The monoisotopic (exact) mass is 835 g/mol. The second kappa shape index (κ2) is 24.1. The molecule has 6 unspecified atom stereocenters. The Hall–Kier alpha value is -5.31. The minimum Gasteiger partial charge on any atom is -0.368 e.